The number of halogens is 1. The average molecular weight is 528 g/mol. The standard InChI is InChI=1S/C22H36N6O.HI/c1-18(21(29)27-10-5-6-11-27)26-12-14-28(15-13-26)22(23-2)24-17-19-8-7-9-20(16-19)25(3)4;/h7-9,16,18H,5-6,10-15,17H2,1-4H3,(H,23,24);1H. The van der Waals surface area contributed by atoms with Crippen molar-refractivity contribution in [1.29, 1.82) is 0 Å². The molecule has 8 heteroatoms. The van der Waals surface area contributed by atoms with Crippen LogP contribution in [-0.2, 0) is 11.3 Å². The Bertz CT molecular complexity index is 711. The second-order valence-electron chi connectivity index (χ2n) is 8.20. The topological polar surface area (TPSA) is 54.4 Å². The number of carbonyl (C=O) groups excluding carboxylic acids is 1. The molecule has 30 heavy (non-hydrogen) atoms. The lowest BCUT2D eigenvalue weighted by molar-refractivity contribution is -0.135. The van der Waals surface area contributed by atoms with E-state index < -0.39 is 0 Å². The number of nitrogens with zero attached hydrogens (tertiary/aromatic N) is 5. The van der Waals surface area contributed by atoms with Crippen molar-refractivity contribution in [2.24, 2.45) is 4.99 Å². The zero-order valence-corrected chi connectivity index (χ0v) is 21.1. The number of nitrogens with one attached hydrogen (secondary N) is 1. The molecule has 0 saturated carbocycles. The van der Waals surface area contributed by atoms with Crippen molar-refractivity contribution >= 4 is 41.5 Å². The predicted molar refractivity (Wildman–Crippen MR) is 135 cm³/mol. The van der Waals surface area contributed by atoms with Crippen LogP contribution in [0.2, 0.25) is 0 Å². The fourth-order valence-corrected chi connectivity index (χ4v) is 4.14. The fraction of sp³-hybridized carbons (Fsp3) is 0.636. The summed E-state index contributed by atoms with van der Waals surface area (Å²) in [5.41, 5.74) is 2.44. The Morgan fingerprint density at radius 1 is 1.10 bits per heavy atom. The summed E-state index contributed by atoms with van der Waals surface area (Å²) in [4.78, 5) is 25.9. The highest BCUT2D eigenvalue weighted by Crippen LogP contribution is 2.15. The van der Waals surface area contributed by atoms with Gasteiger partial charge < -0.3 is 20.0 Å². The Balaban J connectivity index is 0.00000320. The first-order chi connectivity index (χ1) is 14.0. The summed E-state index contributed by atoms with van der Waals surface area (Å²) in [6.45, 7) is 8.20. The Labute approximate surface area is 198 Å². The van der Waals surface area contributed by atoms with Gasteiger partial charge in [-0.1, -0.05) is 12.1 Å². The summed E-state index contributed by atoms with van der Waals surface area (Å²) in [7, 11) is 5.95. The lowest BCUT2D eigenvalue weighted by Crippen LogP contribution is -2.57. The van der Waals surface area contributed by atoms with Gasteiger partial charge in [-0.15, -0.1) is 24.0 Å². The Morgan fingerprint density at radius 2 is 1.77 bits per heavy atom. The molecule has 2 aliphatic heterocycles. The lowest BCUT2D eigenvalue weighted by Gasteiger charge is -2.39. The molecule has 2 aliphatic rings. The van der Waals surface area contributed by atoms with Gasteiger partial charge in [0.1, 0.15) is 0 Å². The average Bonchev–Trinajstić information content (AvgIpc) is 3.28. The van der Waals surface area contributed by atoms with Crippen molar-refractivity contribution in [2.75, 3.05) is 65.3 Å². The van der Waals surface area contributed by atoms with Crippen LogP contribution in [0.3, 0.4) is 0 Å². The molecule has 2 saturated heterocycles. The van der Waals surface area contributed by atoms with Gasteiger partial charge in [0.25, 0.3) is 0 Å². The number of hydrogen-bond donors (Lipinski definition) is 1. The first-order valence-electron chi connectivity index (χ1n) is 10.7. The maximum atomic E-state index is 12.7. The minimum atomic E-state index is -0.0287. The van der Waals surface area contributed by atoms with Gasteiger partial charge in [0.05, 0.1) is 6.04 Å². The minimum Gasteiger partial charge on any atom is -0.378 e. The Kier molecular flexibility index (Phi) is 9.67. The molecule has 0 aromatic heterocycles. The first kappa shape index (κ1) is 24.7. The van der Waals surface area contributed by atoms with Gasteiger partial charge in [-0.25, -0.2) is 0 Å². The smallest absolute Gasteiger partial charge is 0.239 e. The maximum absolute atomic E-state index is 12.7. The van der Waals surface area contributed by atoms with E-state index in [2.05, 4.69) is 70.3 Å². The molecule has 1 N–H and O–H groups in total. The van der Waals surface area contributed by atoms with Crippen molar-refractivity contribution in [2.45, 2.75) is 32.4 Å². The zero-order valence-electron chi connectivity index (χ0n) is 18.8. The van der Waals surface area contributed by atoms with Crippen LogP contribution in [0.15, 0.2) is 29.3 Å². The van der Waals surface area contributed by atoms with E-state index in [-0.39, 0.29) is 30.0 Å². The number of anilines is 1. The highest BCUT2D eigenvalue weighted by Gasteiger charge is 2.30. The van der Waals surface area contributed by atoms with E-state index in [0.717, 1.165) is 64.6 Å². The van der Waals surface area contributed by atoms with E-state index in [4.69, 9.17) is 0 Å². The molecule has 1 atom stereocenters. The lowest BCUT2D eigenvalue weighted by atomic mass is 10.2. The number of amides is 1. The number of benzene rings is 1. The van der Waals surface area contributed by atoms with Crippen LogP contribution in [0, 0.1) is 0 Å². The quantitative estimate of drug-likeness (QED) is 0.361. The molecule has 0 radical (unpaired) electrons. The van der Waals surface area contributed by atoms with E-state index in [1.165, 1.54) is 11.3 Å². The molecule has 1 amide bonds. The number of hydrogen-bond acceptors (Lipinski definition) is 4. The Hall–Kier alpha value is -1.55. The van der Waals surface area contributed by atoms with E-state index >= 15 is 0 Å². The van der Waals surface area contributed by atoms with Crippen molar-refractivity contribution in [3.05, 3.63) is 29.8 Å². The van der Waals surface area contributed by atoms with Crippen LogP contribution in [0.5, 0.6) is 0 Å². The highest BCUT2D eigenvalue weighted by molar-refractivity contribution is 14.0. The van der Waals surface area contributed by atoms with Gasteiger partial charge in [0.2, 0.25) is 5.91 Å². The number of carbonyl (C=O) groups is 1. The van der Waals surface area contributed by atoms with Gasteiger partial charge >= 0.3 is 0 Å². The molecule has 1 aromatic carbocycles. The molecule has 0 aliphatic carbocycles. The zero-order chi connectivity index (χ0) is 20.8. The van der Waals surface area contributed by atoms with Gasteiger partial charge in [0, 0.05) is 72.6 Å². The van der Waals surface area contributed by atoms with Crippen LogP contribution < -0.4 is 10.2 Å². The number of piperazine rings is 1. The second-order valence-corrected chi connectivity index (χ2v) is 8.20. The third-order valence-corrected chi connectivity index (χ3v) is 6.03. The monoisotopic (exact) mass is 528 g/mol. The summed E-state index contributed by atoms with van der Waals surface area (Å²) >= 11 is 0. The number of aliphatic imine (C=N–C) groups is 1. The molecule has 1 unspecified atom stereocenters. The highest BCUT2D eigenvalue weighted by atomic mass is 127. The molecule has 0 spiro atoms. The van der Waals surface area contributed by atoms with Gasteiger partial charge in [-0.2, -0.15) is 0 Å². The predicted octanol–water partition coefficient (Wildman–Crippen LogP) is 2.07. The van der Waals surface area contributed by atoms with Crippen molar-refractivity contribution in [3.8, 4) is 0 Å². The van der Waals surface area contributed by atoms with Crippen molar-refractivity contribution < 1.29 is 4.79 Å². The van der Waals surface area contributed by atoms with Gasteiger partial charge in [-0.05, 0) is 37.5 Å². The summed E-state index contributed by atoms with van der Waals surface area (Å²) in [5.74, 6) is 1.22. The summed E-state index contributed by atoms with van der Waals surface area (Å²) in [6.07, 6.45) is 2.29. The number of guanidine groups is 1. The van der Waals surface area contributed by atoms with Crippen LogP contribution in [0.4, 0.5) is 5.69 Å². The maximum Gasteiger partial charge on any atom is 0.239 e. The van der Waals surface area contributed by atoms with E-state index in [9.17, 15) is 4.79 Å². The summed E-state index contributed by atoms with van der Waals surface area (Å²) < 4.78 is 0. The largest absolute Gasteiger partial charge is 0.378 e. The molecule has 7 nitrogen and oxygen atoms in total. The summed E-state index contributed by atoms with van der Waals surface area (Å²) in [5, 5.41) is 3.50. The molecule has 3 rings (SSSR count). The molecule has 2 heterocycles. The number of likely N-dealkylation sites (tertiary alicyclic amines) is 1. The Morgan fingerprint density at radius 3 is 2.37 bits per heavy atom. The molecular formula is C22H37IN6O. The van der Waals surface area contributed by atoms with Crippen LogP contribution in [0.25, 0.3) is 0 Å². The molecule has 1 aromatic rings. The normalized spacial score (nSPS) is 18.7. The van der Waals surface area contributed by atoms with Crippen LogP contribution in [-0.4, -0.2) is 93.0 Å². The third kappa shape index (κ3) is 6.23. The van der Waals surface area contributed by atoms with Crippen LogP contribution in [0.1, 0.15) is 25.3 Å². The second kappa shape index (κ2) is 11.7. The molecule has 168 valence electrons. The van der Waals surface area contributed by atoms with Gasteiger partial charge in [0.15, 0.2) is 5.96 Å². The van der Waals surface area contributed by atoms with Crippen molar-refractivity contribution in [3.63, 3.8) is 0 Å². The molecule has 2 fully saturated rings. The van der Waals surface area contributed by atoms with Crippen LogP contribution >= 0.6 is 24.0 Å². The van der Waals surface area contributed by atoms with E-state index in [1.807, 2.05) is 11.9 Å². The molecular weight excluding hydrogens is 491 g/mol. The van der Waals surface area contributed by atoms with E-state index in [0.29, 0.717) is 5.91 Å². The van der Waals surface area contributed by atoms with Crippen molar-refractivity contribution in [1.82, 2.24) is 20.0 Å². The summed E-state index contributed by atoms with van der Waals surface area (Å²) in [6, 6.07) is 8.51. The first-order valence-corrected chi connectivity index (χ1v) is 10.7. The number of rotatable bonds is 5. The SMILES string of the molecule is CN=C(NCc1cccc(N(C)C)c1)N1CCN(C(C)C(=O)N2CCCC2)CC1.I. The van der Waals surface area contributed by atoms with Gasteiger partial charge in [-0.3, -0.25) is 14.7 Å². The minimum absolute atomic E-state index is 0. The van der Waals surface area contributed by atoms with E-state index in [1.54, 1.807) is 0 Å². The molecule has 0 bridgehead atoms. The fourth-order valence-electron chi connectivity index (χ4n) is 4.14. The third-order valence-electron chi connectivity index (χ3n) is 6.03.